The van der Waals surface area contributed by atoms with Crippen LogP contribution in [0.15, 0.2) is 11.2 Å². The second kappa shape index (κ2) is 9.89. The molecule has 8 nitrogen and oxygen atoms in total. The second-order valence-corrected chi connectivity index (χ2v) is 8.09. The van der Waals surface area contributed by atoms with E-state index in [4.69, 9.17) is 4.99 Å². The molecule has 0 atom stereocenters. The minimum atomic E-state index is -0.338. The van der Waals surface area contributed by atoms with Gasteiger partial charge in [0.1, 0.15) is 12.2 Å². The molecule has 1 N–H and O–H groups in total. The lowest BCUT2D eigenvalue weighted by atomic mass is 9.74. The number of hydrogen-bond donors (Lipinski definition) is 1. The van der Waals surface area contributed by atoms with Crippen LogP contribution in [0, 0.1) is 5.41 Å². The maximum Gasteiger partial charge on any atom is 0.327 e. The smallest absolute Gasteiger partial charge is 0.327 e. The minimum Gasteiger partial charge on any atom is -0.468 e. The average Bonchev–Trinajstić information content (AvgIpc) is 3.03. The van der Waals surface area contributed by atoms with Crippen molar-refractivity contribution in [1.29, 1.82) is 0 Å². The first-order valence-corrected chi connectivity index (χ1v) is 10.6. The molecule has 1 saturated carbocycles. The summed E-state index contributed by atoms with van der Waals surface area (Å²) in [6.07, 6.45) is 12.6. The van der Waals surface area contributed by atoms with E-state index in [9.17, 15) is 4.79 Å². The molecule has 28 heavy (non-hydrogen) atoms. The highest BCUT2D eigenvalue weighted by Gasteiger charge is 2.36. The van der Waals surface area contributed by atoms with Crippen molar-refractivity contribution in [2.24, 2.45) is 10.4 Å². The van der Waals surface area contributed by atoms with Crippen LogP contribution in [0.3, 0.4) is 0 Å². The summed E-state index contributed by atoms with van der Waals surface area (Å²) in [4.78, 5) is 18.6. The molecule has 2 fully saturated rings. The number of ether oxygens (including phenoxy) is 1. The van der Waals surface area contributed by atoms with Gasteiger partial charge in [-0.1, -0.05) is 30.9 Å². The summed E-state index contributed by atoms with van der Waals surface area (Å²) in [7, 11) is 1.37. The van der Waals surface area contributed by atoms with Crippen molar-refractivity contribution >= 4 is 11.9 Å². The molecule has 1 aliphatic carbocycles. The van der Waals surface area contributed by atoms with E-state index in [1.54, 1.807) is 6.20 Å². The highest BCUT2D eigenvalue weighted by Crippen LogP contribution is 2.42. The van der Waals surface area contributed by atoms with E-state index < -0.39 is 0 Å². The van der Waals surface area contributed by atoms with Gasteiger partial charge in [-0.05, 0) is 38.0 Å². The van der Waals surface area contributed by atoms with E-state index in [0.29, 0.717) is 12.0 Å². The van der Waals surface area contributed by atoms with Crippen molar-refractivity contribution in [1.82, 2.24) is 25.2 Å². The molecule has 0 unspecified atom stereocenters. The van der Waals surface area contributed by atoms with Gasteiger partial charge in [-0.2, -0.15) is 0 Å². The quantitative estimate of drug-likeness (QED) is 0.472. The Morgan fingerprint density at radius 3 is 2.71 bits per heavy atom. The fourth-order valence-corrected chi connectivity index (χ4v) is 4.54. The molecule has 1 aliphatic heterocycles. The topological polar surface area (TPSA) is 84.6 Å². The number of nitrogens with one attached hydrogen (secondary N) is 1. The number of hydrogen-bond acceptors (Lipinski definition) is 5. The van der Waals surface area contributed by atoms with E-state index >= 15 is 0 Å². The largest absolute Gasteiger partial charge is 0.468 e. The summed E-state index contributed by atoms with van der Waals surface area (Å²) in [5.41, 5.74) is 1.22. The summed E-state index contributed by atoms with van der Waals surface area (Å²) >= 11 is 0. The van der Waals surface area contributed by atoms with Gasteiger partial charge in [0, 0.05) is 19.6 Å². The van der Waals surface area contributed by atoms with Gasteiger partial charge >= 0.3 is 5.97 Å². The molecule has 1 spiro atoms. The highest BCUT2D eigenvalue weighted by atomic mass is 16.5. The number of carbonyl (C=O) groups excluding carboxylic acids is 1. The third-order valence-electron chi connectivity index (χ3n) is 5.96. The minimum absolute atomic E-state index is 0.0714. The molecule has 3 rings (SSSR count). The molecule has 1 aromatic rings. The number of carbonyl (C=O) groups is 1. The zero-order valence-corrected chi connectivity index (χ0v) is 17.3. The monoisotopic (exact) mass is 390 g/mol. The summed E-state index contributed by atoms with van der Waals surface area (Å²) in [5.74, 6) is 0.628. The van der Waals surface area contributed by atoms with E-state index in [1.807, 2.05) is 0 Å². The fraction of sp³-hybridized carbons (Fsp3) is 0.800. The first-order chi connectivity index (χ1) is 13.6. The third-order valence-corrected chi connectivity index (χ3v) is 5.96. The van der Waals surface area contributed by atoms with Gasteiger partial charge in [-0.25, -0.2) is 9.67 Å². The van der Waals surface area contributed by atoms with Crippen molar-refractivity contribution in [2.45, 2.75) is 71.4 Å². The van der Waals surface area contributed by atoms with Crippen molar-refractivity contribution < 1.29 is 9.53 Å². The Morgan fingerprint density at radius 2 is 2.00 bits per heavy atom. The molecule has 2 aliphatic rings. The first kappa shape index (κ1) is 20.6. The predicted molar refractivity (Wildman–Crippen MR) is 108 cm³/mol. The van der Waals surface area contributed by atoms with Gasteiger partial charge in [-0.3, -0.25) is 4.79 Å². The summed E-state index contributed by atoms with van der Waals surface area (Å²) < 4.78 is 6.16. The summed E-state index contributed by atoms with van der Waals surface area (Å²) in [6, 6.07) is 0. The fourth-order valence-electron chi connectivity index (χ4n) is 4.54. The summed E-state index contributed by atoms with van der Waals surface area (Å²) in [5, 5.41) is 11.6. The summed E-state index contributed by atoms with van der Waals surface area (Å²) in [6.45, 7) is 5.64. The lowest BCUT2D eigenvalue weighted by Gasteiger charge is -2.44. The van der Waals surface area contributed by atoms with Crippen LogP contribution in [0.1, 0.15) is 64.0 Å². The van der Waals surface area contributed by atoms with E-state index in [-0.39, 0.29) is 12.5 Å². The Kier molecular flexibility index (Phi) is 7.28. The van der Waals surface area contributed by atoms with Crippen LogP contribution in [0.4, 0.5) is 0 Å². The maximum absolute atomic E-state index is 11.4. The van der Waals surface area contributed by atoms with Crippen LogP contribution in [0.2, 0.25) is 0 Å². The Bertz CT molecular complexity index is 663. The molecule has 8 heteroatoms. The van der Waals surface area contributed by atoms with Crippen molar-refractivity contribution in [3.05, 3.63) is 11.9 Å². The number of rotatable bonds is 5. The van der Waals surface area contributed by atoms with Crippen molar-refractivity contribution in [3.8, 4) is 0 Å². The molecule has 0 radical (unpaired) electrons. The SMILES string of the molecule is CCNC(=NCc1cn(CC(=O)OC)nn1)N1CCCC2(CCCCCC2)C1. The maximum atomic E-state index is 11.4. The number of methoxy groups -OCH3 is 1. The Morgan fingerprint density at radius 1 is 1.25 bits per heavy atom. The van der Waals surface area contributed by atoms with Gasteiger partial charge in [0.2, 0.25) is 0 Å². The number of likely N-dealkylation sites (tertiary alicyclic amines) is 1. The van der Waals surface area contributed by atoms with Crippen LogP contribution in [-0.4, -0.2) is 58.6 Å². The molecule has 1 aromatic heterocycles. The van der Waals surface area contributed by atoms with E-state index in [2.05, 4.69) is 32.2 Å². The molecule has 0 amide bonds. The Labute approximate surface area is 167 Å². The second-order valence-electron chi connectivity index (χ2n) is 8.09. The number of aliphatic imine (C=N–C) groups is 1. The Hall–Kier alpha value is -2.12. The normalized spacial score (nSPS) is 20.1. The average molecular weight is 391 g/mol. The molecule has 0 aromatic carbocycles. The third kappa shape index (κ3) is 5.45. The van der Waals surface area contributed by atoms with Gasteiger partial charge in [-0.15, -0.1) is 5.10 Å². The molecular weight excluding hydrogens is 356 g/mol. The lowest BCUT2D eigenvalue weighted by Crippen LogP contribution is -2.50. The van der Waals surface area contributed by atoms with Crippen LogP contribution in [-0.2, 0) is 22.6 Å². The number of guanidine groups is 1. The van der Waals surface area contributed by atoms with Crippen LogP contribution < -0.4 is 5.32 Å². The molecule has 2 heterocycles. The Balaban J connectivity index is 1.65. The standard InChI is InChI=1S/C20H34N6O2/c1-3-21-19(22-13-17-14-26(24-23-17)15-18(27)28-2)25-12-8-11-20(16-25)9-6-4-5-7-10-20/h14H,3-13,15-16H2,1-2H3,(H,21,22). The highest BCUT2D eigenvalue weighted by molar-refractivity contribution is 5.80. The van der Waals surface area contributed by atoms with Crippen LogP contribution in [0.5, 0.6) is 0 Å². The lowest BCUT2D eigenvalue weighted by molar-refractivity contribution is -0.141. The van der Waals surface area contributed by atoms with Crippen LogP contribution >= 0.6 is 0 Å². The van der Waals surface area contributed by atoms with Crippen LogP contribution in [0.25, 0.3) is 0 Å². The number of aromatic nitrogens is 3. The van der Waals surface area contributed by atoms with Gasteiger partial charge in [0.25, 0.3) is 0 Å². The molecular formula is C20H34N6O2. The molecule has 0 bridgehead atoms. The zero-order valence-electron chi connectivity index (χ0n) is 17.3. The zero-order chi connectivity index (χ0) is 19.8. The van der Waals surface area contributed by atoms with Gasteiger partial charge in [0.15, 0.2) is 5.96 Å². The molecule has 156 valence electrons. The van der Waals surface area contributed by atoms with Crippen molar-refractivity contribution in [2.75, 3.05) is 26.7 Å². The van der Waals surface area contributed by atoms with E-state index in [0.717, 1.165) is 31.3 Å². The van der Waals surface area contributed by atoms with E-state index in [1.165, 1.54) is 63.2 Å². The van der Waals surface area contributed by atoms with Gasteiger partial charge < -0.3 is 15.0 Å². The number of piperidine rings is 1. The molecule has 1 saturated heterocycles. The number of esters is 1. The predicted octanol–water partition coefficient (Wildman–Crippen LogP) is 2.35. The van der Waals surface area contributed by atoms with Crippen molar-refractivity contribution in [3.63, 3.8) is 0 Å². The first-order valence-electron chi connectivity index (χ1n) is 10.6. The number of nitrogens with zero attached hydrogens (tertiary/aromatic N) is 5. The van der Waals surface area contributed by atoms with Gasteiger partial charge in [0.05, 0.1) is 19.9 Å².